The zero-order chi connectivity index (χ0) is 27.3. The van der Waals surface area contributed by atoms with Crippen molar-refractivity contribution in [1.29, 1.82) is 0 Å². The van der Waals surface area contributed by atoms with Crippen LogP contribution in [0.1, 0.15) is 71.6 Å². The lowest BCUT2D eigenvalue weighted by molar-refractivity contribution is -0.143. The summed E-state index contributed by atoms with van der Waals surface area (Å²) in [5.74, 6) is -3.68. The van der Waals surface area contributed by atoms with Crippen LogP contribution in [-0.4, -0.2) is 118 Å². The second kappa shape index (κ2) is 20.9. The molecule has 4 N–H and O–H groups in total. The average Bonchev–Trinajstić information content (AvgIpc) is 2.74. The number of hydrogen-bond donors (Lipinski definition) is 4. The van der Waals surface area contributed by atoms with Gasteiger partial charge in [0.15, 0.2) is 0 Å². The maximum atomic E-state index is 11.1. The van der Waals surface area contributed by atoms with Gasteiger partial charge in [0, 0.05) is 26.2 Å². The summed E-state index contributed by atoms with van der Waals surface area (Å²) in [5, 5.41) is 36.2. The van der Waals surface area contributed by atoms with Gasteiger partial charge in [-0.1, -0.05) is 65.2 Å². The van der Waals surface area contributed by atoms with Crippen molar-refractivity contribution in [3.05, 3.63) is 0 Å². The van der Waals surface area contributed by atoms with Gasteiger partial charge >= 0.3 is 23.9 Å². The fraction of sp³-hybridized carbons (Fsp3) is 0.840. The molecule has 0 aliphatic rings. The summed E-state index contributed by atoms with van der Waals surface area (Å²) in [6.45, 7) is 4.90. The third-order valence-corrected chi connectivity index (χ3v) is 5.91. The van der Waals surface area contributed by atoms with Gasteiger partial charge in [-0.15, -0.1) is 0 Å². The van der Waals surface area contributed by atoms with Crippen LogP contribution in [0.3, 0.4) is 0 Å². The maximum absolute atomic E-state index is 11.1. The van der Waals surface area contributed by atoms with Gasteiger partial charge < -0.3 is 25.3 Å². The number of rotatable bonds is 25. The first-order valence-corrected chi connectivity index (χ1v) is 13.0. The van der Waals surface area contributed by atoms with Crippen LogP contribution in [0.15, 0.2) is 0 Å². The fourth-order valence-corrected chi connectivity index (χ4v) is 4.04. The molecule has 0 bridgehead atoms. The summed E-state index contributed by atoms with van der Waals surface area (Å²) in [6, 6.07) is 0. The van der Waals surface area contributed by atoms with Gasteiger partial charge in [0.25, 0.3) is 0 Å². The first-order chi connectivity index (χ1) is 17.0. The monoisotopic (exact) mass is 517 g/mol. The van der Waals surface area contributed by atoms with Gasteiger partial charge in [0.1, 0.15) is 0 Å². The van der Waals surface area contributed by atoms with Crippen LogP contribution in [0.4, 0.5) is 0 Å². The SMILES string of the molecule is CC(C)CCCCCCCCCCN(CCN(CC(=O)O)CC(=O)O)CCN(CC(=O)O)CC(=O)O. The second-order valence-corrected chi connectivity index (χ2v) is 9.85. The van der Waals surface area contributed by atoms with E-state index >= 15 is 0 Å². The molecule has 0 unspecified atom stereocenters. The third-order valence-electron chi connectivity index (χ3n) is 5.91. The molecule has 210 valence electrons. The lowest BCUT2D eigenvalue weighted by Crippen LogP contribution is -2.44. The van der Waals surface area contributed by atoms with E-state index in [1.807, 2.05) is 4.90 Å². The predicted molar refractivity (Wildman–Crippen MR) is 136 cm³/mol. The van der Waals surface area contributed by atoms with Crippen molar-refractivity contribution < 1.29 is 39.6 Å². The summed E-state index contributed by atoms with van der Waals surface area (Å²) in [5.41, 5.74) is 0. The lowest BCUT2D eigenvalue weighted by Gasteiger charge is -2.28. The van der Waals surface area contributed by atoms with Crippen LogP contribution in [0.25, 0.3) is 0 Å². The van der Waals surface area contributed by atoms with Crippen molar-refractivity contribution >= 4 is 23.9 Å². The molecule has 0 aromatic heterocycles. The smallest absolute Gasteiger partial charge is 0.317 e. The fourth-order valence-electron chi connectivity index (χ4n) is 4.04. The minimum Gasteiger partial charge on any atom is -0.480 e. The van der Waals surface area contributed by atoms with Crippen LogP contribution >= 0.6 is 0 Å². The molecule has 0 aromatic rings. The molecular weight excluding hydrogens is 470 g/mol. The summed E-state index contributed by atoms with van der Waals surface area (Å²) in [6.07, 6.45) is 10.6. The first kappa shape index (κ1) is 33.8. The topological polar surface area (TPSA) is 159 Å². The molecule has 0 aliphatic heterocycles. The molecule has 0 amide bonds. The highest BCUT2D eigenvalue weighted by Crippen LogP contribution is 2.13. The van der Waals surface area contributed by atoms with Crippen LogP contribution in [0, 0.1) is 5.92 Å². The van der Waals surface area contributed by atoms with Crippen molar-refractivity contribution in [3.8, 4) is 0 Å². The van der Waals surface area contributed by atoms with E-state index in [-0.39, 0.29) is 39.3 Å². The van der Waals surface area contributed by atoms with Crippen LogP contribution < -0.4 is 0 Å². The van der Waals surface area contributed by atoms with E-state index in [1.165, 1.54) is 48.3 Å². The van der Waals surface area contributed by atoms with Gasteiger partial charge in [-0.2, -0.15) is 0 Å². The van der Waals surface area contributed by atoms with Crippen molar-refractivity contribution in [2.45, 2.75) is 71.6 Å². The first-order valence-electron chi connectivity index (χ1n) is 13.0. The Balaban J connectivity index is 4.68. The number of nitrogens with zero attached hydrogens (tertiary/aromatic N) is 3. The van der Waals surface area contributed by atoms with E-state index in [4.69, 9.17) is 20.4 Å². The zero-order valence-corrected chi connectivity index (χ0v) is 22.1. The van der Waals surface area contributed by atoms with E-state index in [0.29, 0.717) is 19.6 Å². The zero-order valence-electron chi connectivity index (χ0n) is 22.1. The Morgan fingerprint density at radius 1 is 0.472 bits per heavy atom. The Kier molecular flexibility index (Phi) is 19.6. The number of carbonyl (C=O) groups is 4. The standard InChI is InChI=1S/C25H47N3O8/c1-21(2)11-9-7-5-3-4-6-8-10-12-26(13-15-27(17-22(29)30)18-23(31)32)14-16-28(19-24(33)34)20-25(35)36/h21H,3-20H2,1-2H3,(H,29,30)(H,31,32)(H,33,34)(H,35,36). The Hall–Kier alpha value is -2.24. The largest absolute Gasteiger partial charge is 0.480 e. The van der Waals surface area contributed by atoms with Crippen LogP contribution in [-0.2, 0) is 19.2 Å². The molecule has 11 heteroatoms. The quantitative estimate of drug-likeness (QED) is 0.132. The van der Waals surface area contributed by atoms with E-state index in [9.17, 15) is 19.2 Å². The Morgan fingerprint density at radius 3 is 1.11 bits per heavy atom. The van der Waals surface area contributed by atoms with Gasteiger partial charge in [-0.05, 0) is 18.9 Å². The molecule has 0 radical (unpaired) electrons. The van der Waals surface area contributed by atoms with Crippen molar-refractivity contribution in [3.63, 3.8) is 0 Å². The summed E-state index contributed by atoms with van der Waals surface area (Å²) in [4.78, 5) is 49.0. The number of aliphatic carboxylic acids is 4. The van der Waals surface area contributed by atoms with Gasteiger partial charge in [0.05, 0.1) is 26.2 Å². The highest BCUT2D eigenvalue weighted by Gasteiger charge is 2.18. The molecule has 0 aromatic carbocycles. The third kappa shape index (κ3) is 22.2. The molecule has 0 atom stereocenters. The Bertz CT molecular complexity index is 573. The maximum Gasteiger partial charge on any atom is 0.317 e. The molecule has 0 heterocycles. The van der Waals surface area contributed by atoms with Crippen LogP contribution in [0.5, 0.6) is 0 Å². The van der Waals surface area contributed by atoms with E-state index in [2.05, 4.69) is 13.8 Å². The van der Waals surface area contributed by atoms with Gasteiger partial charge in [-0.25, -0.2) is 0 Å². The molecular formula is C25H47N3O8. The Labute approximate surface area is 215 Å². The number of hydrogen-bond acceptors (Lipinski definition) is 7. The Morgan fingerprint density at radius 2 is 0.778 bits per heavy atom. The van der Waals surface area contributed by atoms with Crippen molar-refractivity contribution in [2.24, 2.45) is 5.92 Å². The van der Waals surface area contributed by atoms with E-state index < -0.39 is 23.9 Å². The number of unbranched alkanes of at least 4 members (excludes halogenated alkanes) is 7. The molecule has 0 spiro atoms. The second-order valence-electron chi connectivity index (χ2n) is 9.85. The summed E-state index contributed by atoms with van der Waals surface area (Å²) >= 11 is 0. The molecule has 0 saturated carbocycles. The van der Waals surface area contributed by atoms with Gasteiger partial charge in [-0.3, -0.25) is 29.0 Å². The highest BCUT2D eigenvalue weighted by atomic mass is 16.4. The van der Waals surface area contributed by atoms with E-state index in [1.54, 1.807) is 0 Å². The molecule has 11 nitrogen and oxygen atoms in total. The minimum absolute atomic E-state index is 0.229. The average molecular weight is 518 g/mol. The summed E-state index contributed by atoms with van der Waals surface area (Å²) < 4.78 is 0. The van der Waals surface area contributed by atoms with Crippen molar-refractivity contribution in [1.82, 2.24) is 14.7 Å². The van der Waals surface area contributed by atoms with Crippen molar-refractivity contribution in [2.75, 3.05) is 58.9 Å². The van der Waals surface area contributed by atoms with Crippen LogP contribution in [0.2, 0.25) is 0 Å². The highest BCUT2D eigenvalue weighted by molar-refractivity contribution is 5.73. The molecule has 36 heavy (non-hydrogen) atoms. The normalized spacial score (nSPS) is 11.6. The minimum atomic E-state index is -1.11. The van der Waals surface area contributed by atoms with Gasteiger partial charge in [0.2, 0.25) is 0 Å². The molecule has 0 rings (SSSR count). The number of carboxylic acids is 4. The van der Waals surface area contributed by atoms with E-state index in [0.717, 1.165) is 25.2 Å². The molecule has 0 saturated heterocycles. The molecule has 0 fully saturated rings. The summed E-state index contributed by atoms with van der Waals surface area (Å²) in [7, 11) is 0. The number of carboxylic acid groups (broad SMARTS) is 4. The predicted octanol–water partition coefficient (Wildman–Crippen LogP) is 2.40. The molecule has 0 aliphatic carbocycles. The lowest BCUT2D eigenvalue weighted by atomic mass is 10.0.